The summed E-state index contributed by atoms with van der Waals surface area (Å²) < 4.78 is 0. The summed E-state index contributed by atoms with van der Waals surface area (Å²) in [5.74, 6) is -1.15. The number of nitrogens with zero attached hydrogens (tertiary/aromatic N) is 1. The third-order valence-electron chi connectivity index (χ3n) is 3.70. The Balaban J connectivity index is 2.43. The molecule has 1 aromatic rings. The van der Waals surface area contributed by atoms with Gasteiger partial charge in [-0.1, -0.05) is 30.3 Å². The summed E-state index contributed by atoms with van der Waals surface area (Å²) in [6, 6.07) is 9.00. The van der Waals surface area contributed by atoms with Gasteiger partial charge in [0.1, 0.15) is 5.54 Å². The molecule has 1 aliphatic heterocycles. The summed E-state index contributed by atoms with van der Waals surface area (Å²) in [7, 11) is 0. The molecule has 1 heterocycles. The number of nitrogens with two attached hydrogens (primary N) is 1. The molecule has 1 aliphatic rings. The fourth-order valence-corrected chi connectivity index (χ4v) is 2.94. The maximum absolute atomic E-state index is 11.8. The van der Waals surface area contributed by atoms with Gasteiger partial charge in [0, 0.05) is 24.9 Å². The van der Waals surface area contributed by atoms with E-state index in [0.717, 1.165) is 10.5 Å². The van der Waals surface area contributed by atoms with Crippen molar-refractivity contribution in [3.8, 4) is 0 Å². The number of aliphatic carboxylic acids is 1. The molecule has 0 saturated carbocycles. The van der Waals surface area contributed by atoms with Gasteiger partial charge in [-0.2, -0.15) is 0 Å². The maximum atomic E-state index is 11.8. The molecular weight excluding hydrogens is 260 g/mol. The molecule has 2 unspecified atom stereocenters. The number of hydrogen-bond donors (Lipinski definition) is 3. The Morgan fingerprint density at radius 2 is 1.90 bits per heavy atom. The topological polar surface area (TPSA) is 104 Å². The molecule has 1 saturated heterocycles. The van der Waals surface area contributed by atoms with Crippen LogP contribution in [0.5, 0.6) is 0 Å². The highest BCUT2D eigenvalue weighted by Crippen LogP contribution is 2.37. The predicted octanol–water partition coefficient (Wildman–Crippen LogP) is 1.15. The van der Waals surface area contributed by atoms with Crippen LogP contribution in [0.4, 0.5) is 4.79 Å². The molecule has 1 fully saturated rings. The molecule has 0 bridgehead atoms. The van der Waals surface area contributed by atoms with E-state index in [4.69, 9.17) is 5.73 Å². The first kappa shape index (κ1) is 14.3. The lowest BCUT2D eigenvalue weighted by Crippen LogP contribution is -2.54. The van der Waals surface area contributed by atoms with Crippen LogP contribution in [0.2, 0.25) is 0 Å². The third-order valence-corrected chi connectivity index (χ3v) is 3.70. The number of amides is 1. The molecule has 0 radical (unpaired) electrons. The van der Waals surface area contributed by atoms with Crippen LogP contribution in [0.15, 0.2) is 30.3 Å². The monoisotopic (exact) mass is 278 g/mol. The first-order valence-corrected chi connectivity index (χ1v) is 6.34. The molecule has 2 atom stereocenters. The highest BCUT2D eigenvalue weighted by molar-refractivity contribution is 5.85. The Labute approximate surface area is 116 Å². The Bertz CT molecular complexity index is 529. The average Bonchev–Trinajstić information content (AvgIpc) is 2.63. The molecule has 1 amide bonds. The van der Waals surface area contributed by atoms with Crippen LogP contribution in [0.25, 0.3) is 0 Å². The fourth-order valence-electron chi connectivity index (χ4n) is 2.94. The minimum absolute atomic E-state index is 0.0153. The Morgan fingerprint density at radius 1 is 1.30 bits per heavy atom. The summed E-state index contributed by atoms with van der Waals surface area (Å²) >= 11 is 0. The lowest BCUT2D eigenvalue weighted by molar-refractivity contribution is -0.148. The van der Waals surface area contributed by atoms with Crippen LogP contribution in [-0.2, 0) is 11.2 Å². The zero-order valence-corrected chi connectivity index (χ0v) is 11.2. The van der Waals surface area contributed by atoms with Crippen LogP contribution < -0.4 is 5.73 Å². The number of carboxylic acid groups (broad SMARTS) is 2. The van der Waals surface area contributed by atoms with Crippen LogP contribution in [0, 0.1) is 0 Å². The molecule has 1 aromatic carbocycles. The van der Waals surface area contributed by atoms with Crippen molar-refractivity contribution in [2.75, 3.05) is 6.54 Å². The van der Waals surface area contributed by atoms with Crippen LogP contribution in [0.1, 0.15) is 18.9 Å². The summed E-state index contributed by atoms with van der Waals surface area (Å²) in [6.07, 6.45) is -1.05. The number of carbonyl (C=O) groups is 2. The molecule has 0 spiro atoms. The minimum atomic E-state index is -1.50. The Hall–Kier alpha value is -2.08. The van der Waals surface area contributed by atoms with E-state index < -0.39 is 23.1 Å². The standard InChI is InChI=1S/C14H18N2O4/c1-13(15)8-14(11(17)18,16(9-13)12(19)20)7-10-5-3-2-4-6-10/h2-6H,7-9,15H2,1H3,(H,17,18)(H,19,20). The molecule has 6 heteroatoms. The van der Waals surface area contributed by atoms with Crippen molar-refractivity contribution < 1.29 is 19.8 Å². The number of rotatable bonds is 3. The van der Waals surface area contributed by atoms with Gasteiger partial charge in [-0.3, -0.25) is 4.90 Å². The van der Waals surface area contributed by atoms with Gasteiger partial charge in [0.05, 0.1) is 0 Å². The van der Waals surface area contributed by atoms with Gasteiger partial charge in [0.15, 0.2) is 0 Å². The molecular formula is C14H18N2O4. The van der Waals surface area contributed by atoms with Gasteiger partial charge in [0.2, 0.25) is 0 Å². The number of benzene rings is 1. The SMILES string of the molecule is CC1(N)CN(C(=O)O)C(Cc2ccccc2)(C(=O)O)C1. The van der Waals surface area contributed by atoms with Crippen molar-refractivity contribution in [2.45, 2.75) is 30.8 Å². The Morgan fingerprint density at radius 3 is 2.40 bits per heavy atom. The van der Waals surface area contributed by atoms with Crippen LogP contribution in [-0.4, -0.2) is 44.8 Å². The van der Waals surface area contributed by atoms with Crippen molar-refractivity contribution in [3.63, 3.8) is 0 Å². The van der Waals surface area contributed by atoms with Crippen molar-refractivity contribution in [1.29, 1.82) is 0 Å². The summed E-state index contributed by atoms with van der Waals surface area (Å²) in [4.78, 5) is 24.1. The van der Waals surface area contributed by atoms with E-state index in [1.807, 2.05) is 6.07 Å². The number of likely N-dealkylation sites (tertiary alicyclic amines) is 1. The smallest absolute Gasteiger partial charge is 0.408 e. The van der Waals surface area contributed by atoms with Crippen molar-refractivity contribution in [3.05, 3.63) is 35.9 Å². The Kier molecular flexibility index (Phi) is 3.43. The lowest BCUT2D eigenvalue weighted by Gasteiger charge is -2.32. The van der Waals surface area contributed by atoms with Gasteiger partial charge >= 0.3 is 12.1 Å². The fraction of sp³-hybridized carbons (Fsp3) is 0.429. The second kappa shape index (κ2) is 4.79. The zero-order chi connectivity index (χ0) is 15.0. The number of hydrogen-bond acceptors (Lipinski definition) is 3. The van der Waals surface area contributed by atoms with Gasteiger partial charge in [0.25, 0.3) is 0 Å². The van der Waals surface area contributed by atoms with Crippen LogP contribution >= 0.6 is 0 Å². The summed E-state index contributed by atoms with van der Waals surface area (Å²) in [5.41, 5.74) is 4.44. The number of carboxylic acids is 1. The van der Waals surface area contributed by atoms with Crippen molar-refractivity contribution >= 4 is 12.1 Å². The molecule has 2 rings (SSSR count). The highest BCUT2D eigenvalue weighted by atomic mass is 16.4. The van der Waals surface area contributed by atoms with Crippen LogP contribution in [0.3, 0.4) is 0 Å². The third kappa shape index (κ3) is 2.46. The second-order valence-corrected chi connectivity index (χ2v) is 5.70. The van der Waals surface area contributed by atoms with E-state index >= 15 is 0 Å². The molecule has 6 nitrogen and oxygen atoms in total. The second-order valence-electron chi connectivity index (χ2n) is 5.70. The highest BCUT2D eigenvalue weighted by Gasteiger charge is 2.56. The van der Waals surface area contributed by atoms with Gasteiger partial charge in [-0.25, -0.2) is 9.59 Å². The zero-order valence-electron chi connectivity index (χ0n) is 11.2. The quantitative estimate of drug-likeness (QED) is 0.769. The van der Waals surface area contributed by atoms with Gasteiger partial charge in [-0.05, 0) is 12.5 Å². The van der Waals surface area contributed by atoms with E-state index in [0.29, 0.717) is 0 Å². The normalized spacial score (nSPS) is 29.4. The first-order chi connectivity index (χ1) is 9.27. The van der Waals surface area contributed by atoms with E-state index in [1.54, 1.807) is 31.2 Å². The van der Waals surface area contributed by atoms with E-state index in [2.05, 4.69) is 0 Å². The summed E-state index contributed by atoms with van der Waals surface area (Å²) in [6.45, 7) is 1.69. The van der Waals surface area contributed by atoms with Crippen molar-refractivity contribution in [1.82, 2.24) is 4.90 Å². The van der Waals surface area contributed by atoms with Crippen molar-refractivity contribution in [2.24, 2.45) is 5.73 Å². The van der Waals surface area contributed by atoms with Gasteiger partial charge in [-0.15, -0.1) is 0 Å². The van der Waals surface area contributed by atoms with E-state index in [1.165, 1.54) is 0 Å². The largest absolute Gasteiger partial charge is 0.479 e. The maximum Gasteiger partial charge on any atom is 0.408 e. The summed E-state index contributed by atoms with van der Waals surface area (Å²) in [5, 5.41) is 18.9. The first-order valence-electron chi connectivity index (χ1n) is 6.34. The van der Waals surface area contributed by atoms with Gasteiger partial charge < -0.3 is 15.9 Å². The van der Waals surface area contributed by atoms with E-state index in [9.17, 15) is 19.8 Å². The minimum Gasteiger partial charge on any atom is -0.479 e. The molecule has 4 N–H and O–H groups in total. The van der Waals surface area contributed by atoms with E-state index in [-0.39, 0.29) is 19.4 Å². The molecule has 0 aliphatic carbocycles. The lowest BCUT2D eigenvalue weighted by atomic mass is 9.84. The molecule has 20 heavy (non-hydrogen) atoms. The molecule has 0 aromatic heterocycles. The predicted molar refractivity (Wildman–Crippen MR) is 72.5 cm³/mol. The average molecular weight is 278 g/mol. The molecule has 108 valence electrons.